The lowest BCUT2D eigenvalue weighted by Gasteiger charge is -2.23. The van der Waals surface area contributed by atoms with Crippen molar-refractivity contribution in [1.82, 2.24) is 15.5 Å². The van der Waals surface area contributed by atoms with E-state index in [-0.39, 0.29) is 11.8 Å². The fraction of sp³-hybridized carbons (Fsp3) is 0.273. The van der Waals surface area contributed by atoms with Crippen LogP contribution in [0.3, 0.4) is 0 Å². The van der Waals surface area contributed by atoms with Crippen LogP contribution in [-0.2, 0) is 4.79 Å². The van der Waals surface area contributed by atoms with E-state index in [1.165, 1.54) is 11.3 Å². The number of urea groups is 1. The molecule has 3 N–H and O–H groups in total. The van der Waals surface area contributed by atoms with Gasteiger partial charge in [-0.2, -0.15) is 0 Å². The largest absolute Gasteiger partial charge is 0.326 e. The Labute approximate surface area is 204 Å². The molecule has 3 aromatic rings. The zero-order valence-corrected chi connectivity index (χ0v) is 20.9. The topological polar surface area (TPSA) is 96.0 Å². The van der Waals surface area contributed by atoms with Crippen molar-refractivity contribution in [3.63, 3.8) is 0 Å². The van der Waals surface area contributed by atoms with E-state index < -0.39 is 12.1 Å². The van der Waals surface area contributed by atoms with Crippen LogP contribution in [0.4, 0.5) is 15.6 Å². The third-order valence-electron chi connectivity index (χ3n) is 4.94. The van der Waals surface area contributed by atoms with Crippen LogP contribution >= 0.6 is 38.9 Å². The third-order valence-corrected chi connectivity index (χ3v) is 6.73. The van der Waals surface area contributed by atoms with Gasteiger partial charge < -0.3 is 10.6 Å². The standard InChI is InChI=1S/C22H23BrClN5O2S/c1-4-12(2)18(26-21(31)25-16-9-8-13(3)17(24)11-16)19(30)27-22-29-28-20(32-22)14-6-5-7-15(23)10-14/h5-12,18H,4H2,1-3H3,(H2,25,26,31)(H,27,29,30). The summed E-state index contributed by atoms with van der Waals surface area (Å²) in [6, 6.07) is 11.7. The number of nitrogens with one attached hydrogen (secondary N) is 3. The maximum atomic E-state index is 13.0. The van der Waals surface area contributed by atoms with Gasteiger partial charge in [0.15, 0.2) is 0 Å². The average molecular weight is 537 g/mol. The van der Waals surface area contributed by atoms with Crippen molar-refractivity contribution < 1.29 is 9.59 Å². The maximum Gasteiger partial charge on any atom is 0.319 e. The molecule has 0 aliphatic heterocycles. The Kier molecular flexibility index (Phi) is 8.22. The monoisotopic (exact) mass is 535 g/mol. The molecular formula is C22H23BrClN5O2S. The number of carbonyl (C=O) groups excluding carboxylic acids is 2. The van der Waals surface area contributed by atoms with Crippen molar-refractivity contribution in [2.45, 2.75) is 33.2 Å². The fourth-order valence-corrected chi connectivity index (χ4v) is 4.20. The van der Waals surface area contributed by atoms with Gasteiger partial charge >= 0.3 is 6.03 Å². The van der Waals surface area contributed by atoms with Crippen molar-refractivity contribution in [2.75, 3.05) is 10.6 Å². The summed E-state index contributed by atoms with van der Waals surface area (Å²) in [5.74, 6) is -0.451. The summed E-state index contributed by atoms with van der Waals surface area (Å²) in [5, 5.41) is 18.1. The Morgan fingerprint density at radius 2 is 1.94 bits per heavy atom. The first-order valence-corrected chi connectivity index (χ1v) is 12.0. The molecule has 0 spiro atoms. The molecule has 10 heteroatoms. The second-order valence-electron chi connectivity index (χ2n) is 7.34. The van der Waals surface area contributed by atoms with E-state index in [0.717, 1.165) is 15.6 Å². The molecule has 0 aliphatic carbocycles. The molecule has 1 heterocycles. The molecule has 2 unspecified atom stereocenters. The first kappa shape index (κ1) is 24.2. The van der Waals surface area contributed by atoms with Crippen LogP contribution in [0, 0.1) is 12.8 Å². The first-order chi connectivity index (χ1) is 15.3. The van der Waals surface area contributed by atoms with E-state index in [1.807, 2.05) is 51.1 Å². The molecule has 0 bridgehead atoms. The van der Waals surface area contributed by atoms with Crippen LogP contribution in [0.15, 0.2) is 46.9 Å². The molecule has 3 amide bonds. The Hall–Kier alpha value is -2.49. The molecule has 32 heavy (non-hydrogen) atoms. The quantitative estimate of drug-likeness (QED) is 0.340. The molecule has 0 radical (unpaired) electrons. The normalized spacial score (nSPS) is 12.7. The van der Waals surface area contributed by atoms with E-state index in [1.54, 1.807) is 12.1 Å². The lowest BCUT2D eigenvalue weighted by Crippen LogP contribution is -2.49. The number of halogens is 2. The minimum absolute atomic E-state index is 0.0974. The molecule has 0 saturated heterocycles. The maximum absolute atomic E-state index is 13.0. The summed E-state index contributed by atoms with van der Waals surface area (Å²) < 4.78 is 0.928. The molecule has 2 atom stereocenters. The smallest absolute Gasteiger partial charge is 0.319 e. The van der Waals surface area contributed by atoms with Gasteiger partial charge in [0, 0.05) is 20.7 Å². The molecular weight excluding hydrogens is 514 g/mol. The molecule has 7 nitrogen and oxygen atoms in total. The van der Waals surface area contributed by atoms with E-state index >= 15 is 0 Å². The van der Waals surface area contributed by atoms with Gasteiger partial charge in [0.05, 0.1) is 0 Å². The van der Waals surface area contributed by atoms with Crippen LogP contribution in [0.5, 0.6) is 0 Å². The lowest BCUT2D eigenvalue weighted by atomic mass is 9.98. The van der Waals surface area contributed by atoms with Gasteiger partial charge in [-0.05, 0) is 42.7 Å². The van der Waals surface area contributed by atoms with Gasteiger partial charge in [-0.15, -0.1) is 10.2 Å². The summed E-state index contributed by atoms with van der Waals surface area (Å²) in [4.78, 5) is 25.5. The number of aryl methyl sites for hydroxylation is 1. The Bertz CT molecular complexity index is 1120. The van der Waals surface area contributed by atoms with Crippen LogP contribution in [0.2, 0.25) is 5.02 Å². The minimum atomic E-state index is -0.751. The molecule has 1 aromatic heterocycles. The predicted octanol–water partition coefficient (Wildman–Crippen LogP) is 6.10. The fourth-order valence-electron chi connectivity index (χ4n) is 2.88. The summed E-state index contributed by atoms with van der Waals surface area (Å²) >= 11 is 10.8. The molecule has 2 aromatic carbocycles. The summed E-state index contributed by atoms with van der Waals surface area (Å²) in [6.07, 6.45) is 0.703. The zero-order chi connectivity index (χ0) is 23.3. The van der Waals surface area contributed by atoms with E-state index in [4.69, 9.17) is 11.6 Å². The predicted molar refractivity (Wildman–Crippen MR) is 133 cm³/mol. The van der Waals surface area contributed by atoms with E-state index in [9.17, 15) is 9.59 Å². The Balaban J connectivity index is 1.68. The number of anilines is 2. The molecule has 0 saturated carbocycles. The van der Waals surface area contributed by atoms with Crippen molar-refractivity contribution in [3.05, 3.63) is 57.5 Å². The Morgan fingerprint density at radius 1 is 1.16 bits per heavy atom. The molecule has 168 valence electrons. The summed E-state index contributed by atoms with van der Waals surface area (Å²) in [7, 11) is 0. The highest BCUT2D eigenvalue weighted by molar-refractivity contribution is 9.10. The number of aromatic nitrogens is 2. The molecule has 3 rings (SSSR count). The van der Waals surface area contributed by atoms with E-state index in [0.29, 0.717) is 27.3 Å². The highest BCUT2D eigenvalue weighted by Gasteiger charge is 2.27. The second kappa shape index (κ2) is 10.9. The minimum Gasteiger partial charge on any atom is -0.326 e. The van der Waals surface area contributed by atoms with Gasteiger partial charge in [0.25, 0.3) is 0 Å². The van der Waals surface area contributed by atoms with Crippen LogP contribution < -0.4 is 16.0 Å². The SMILES string of the molecule is CCC(C)C(NC(=O)Nc1ccc(C)c(Cl)c1)C(=O)Nc1nnc(-c2cccc(Br)c2)s1. The van der Waals surface area contributed by atoms with Gasteiger partial charge in [0.1, 0.15) is 11.0 Å². The number of hydrogen-bond acceptors (Lipinski definition) is 5. The summed E-state index contributed by atoms with van der Waals surface area (Å²) in [6.45, 7) is 5.74. The van der Waals surface area contributed by atoms with Crippen LogP contribution in [0.1, 0.15) is 25.8 Å². The summed E-state index contributed by atoms with van der Waals surface area (Å²) in [5.41, 5.74) is 2.35. The molecule has 0 fully saturated rings. The third kappa shape index (κ3) is 6.27. The average Bonchev–Trinajstić information content (AvgIpc) is 3.22. The van der Waals surface area contributed by atoms with Gasteiger partial charge in [-0.1, -0.05) is 77.3 Å². The second-order valence-corrected chi connectivity index (χ2v) is 9.64. The van der Waals surface area contributed by atoms with Gasteiger partial charge in [0.2, 0.25) is 11.0 Å². The highest BCUT2D eigenvalue weighted by Crippen LogP contribution is 2.28. The molecule has 0 aliphatic rings. The van der Waals surface area contributed by atoms with Crippen LogP contribution in [-0.4, -0.2) is 28.2 Å². The lowest BCUT2D eigenvalue weighted by molar-refractivity contribution is -0.119. The number of amides is 3. The number of hydrogen-bond donors (Lipinski definition) is 3. The number of benzene rings is 2. The first-order valence-electron chi connectivity index (χ1n) is 10.0. The number of rotatable bonds is 7. The van der Waals surface area contributed by atoms with Crippen LogP contribution in [0.25, 0.3) is 10.6 Å². The van der Waals surface area contributed by atoms with Crippen molar-refractivity contribution in [1.29, 1.82) is 0 Å². The number of carbonyl (C=O) groups is 2. The van der Waals surface area contributed by atoms with Gasteiger partial charge in [-0.25, -0.2) is 4.79 Å². The van der Waals surface area contributed by atoms with E-state index in [2.05, 4.69) is 42.1 Å². The highest BCUT2D eigenvalue weighted by atomic mass is 79.9. The van der Waals surface area contributed by atoms with Crippen molar-refractivity contribution in [3.8, 4) is 10.6 Å². The van der Waals surface area contributed by atoms with Crippen molar-refractivity contribution in [2.24, 2.45) is 5.92 Å². The van der Waals surface area contributed by atoms with Crippen molar-refractivity contribution >= 4 is 61.6 Å². The van der Waals surface area contributed by atoms with Gasteiger partial charge in [-0.3, -0.25) is 10.1 Å². The Morgan fingerprint density at radius 3 is 2.62 bits per heavy atom. The zero-order valence-electron chi connectivity index (χ0n) is 17.8. The number of nitrogens with zero attached hydrogens (tertiary/aromatic N) is 2.